The van der Waals surface area contributed by atoms with Crippen molar-refractivity contribution in [1.82, 2.24) is 5.32 Å². The van der Waals surface area contributed by atoms with Crippen LogP contribution in [-0.2, 0) is 4.79 Å². The van der Waals surface area contributed by atoms with Gasteiger partial charge in [-0.1, -0.05) is 12.8 Å². The van der Waals surface area contributed by atoms with Crippen LogP contribution in [0, 0.1) is 0 Å². The fraction of sp³-hybridized carbons (Fsp3) is 0.545. The molecule has 4 heteroatoms. The highest BCUT2D eigenvalue weighted by Crippen LogP contribution is 2.24. The Hall–Kier alpha value is -0.540. The highest BCUT2D eigenvalue weighted by molar-refractivity contribution is 7.08. The predicted molar refractivity (Wildman–Crippen MR) is 63.3 cm³/mol. The van der Waals surface area contributed by atoms with Crippen molar-refractivity contribution in [3.05, 3.63) is 22.4 Å². The second-order valence-corrected chi connectivity index (χ2v) is 5.13. The van der Waals surface area contributed by atoms with Gasteiger partial charge in [-0.3, -0.25) is 4.79 Å². The molecule has 0 spiro atoms. The van der Waals surface area contributed by atoms with E-state index in [9.17, 15) is 4.79 Å². The molecule has 0 aromatic carbocycles. The number of thiophene rings is 1. The quantitative estimate of drug-likeness (QED) is 0.813. The van der Waals surface area contributed by atoms with E-state index in [0.29, 0.717) is 6.04 Å². The average Bonchev–Trinajstić information content (AvgIpc) is 2.88. The van der Waals surface area contributed by atoms with Crippen molar-refractivity contribution in [3.63, 3.8) is 0 Å². The van der Waals surface area contributed by atoms with E-state index < -0.39 is 5.38 Å². The Morgan fingerprint density at radius 2 is 2.27 bits per heavy atom. The largest absolute Gasteiger partial charge is 0.352 e. The highest BCUT2D eigenvalue weighted by Gasteiger charge is 2.22. The van der Waals surface area contributed by atoms with Gasteiger partial charge in [-0.05, 0) is 35.2 Å². The molecule has 1 aromatic rings. The number of carbonyl (C=O) groups excluding carboxylic acids is 1. The molecule has 1 heterocycles. The summed E-state index contributed by atoms with van der Waals surface area (Å²) in [6, 6.07) is 2.24. The van der Waals surface area contributed by atoms with Crippen LogP contribution in [0.4, 0.5) is 0 Å². The summed E-state index contributed by atoms with van der Waals surface area (Å²) >= 11 is 7.63. The third-order valence-corrected chi connectivity index (χ3v) is 3.92. The normalized spacial score (nSPS) is 19.0. The Kier molecular flexibility index (Phi) is 3.65. The van der Waals surface area contributed by atoms with Crippen molar-refractivity contribution < 1.29 is 4.79 Å². The number of rotatable bonds is 3. The van der Waals surface area contributed by atoms with Crippen LogP contribution in [0.5, 0.6) is 0 Å². The van der Waals surface area contributed by atoms with E-state index in [2.05, 4.69) is 5.32 Å². The van der Waals surface area contributed by atoms with Crippen LogP contribution < -0.4 is 5.32 Å². The number of hydrogen-bond donors (Lipinski definition) is 1. The molecule has 2 rings (SSSR count). The summed E-state index contributed by atoms with van der Waals surface area (Å²) in [6.07, 6.45) is 4.63. The lowest BCUT2D eigenvalue weighted by atomic mass is 10.2. The maximum Gasteiger partial charge on any atom is 0.242 e. The molecule has 0 aliphatic heterocycles. The summed E-state index contributed by atoms with van der Waals surface area (Å²) in [5.41, 5.74) is 0.900. The van der Waals surface area contributed by atoms with Crippen LogP contribution in [0.2, 0.25) is 0 Å². The van der Waals surface area contributed by atoms with Crippen molar-refractivity contribution in [2.24, 2.45) is 0 Å². The number of hydrogen-bond acceptors (Lipinski definition) is 2. The Labute approximate surface area is 98.6 Å². The van der Waals surface area contributed by atoms with Crippen LogP contribution in [0.1, 0.15) is 36.6 Å². The molecular formula is C11H14ClNOS. The molecule has 1 fully saturated rings. The predicted octanol–water partition coefficient (Wildman–Crippen LogP) is 3.09. The van der Waals surface area contributed by atoms with Crippen LogP contribution >= 0.6 is 22.9 Å². The zero-order valence-electron chi connectivity index (χ0n) is 8.41. The van der Waals surface area contributed by atoms with Gasteiger partial charge in [0.15, 0.2) is 0 Å². The zero-order valence-corrected chi connectivity index (χ0v) is 9.98. The first-order valence-electron chi connectivity index (χ1n) is 5.24. The van der Waals surface area contributed by atoms with Crippen molar-refractivity contribution in [2.45, 2.75) is 37.1 Å². The maximum atomic E-state index is 11.8. The van der Waals surface area contributed by atoms with Gasteiger partial charge in [0, 0.05) is 6.04 Å². The van der Waals surface area contributed by atoms with Crippen LogP contribution in [-0.4, -0.2) is 11.9 Å². The number of alkyl halides is 1. The van der Waals surface area contributed by atoms with E-state index >= 15 is 0 Å². The number of nitrogens with one attached hydrogen (secondary N) is 1. The smallest absolute Gasteiger partial charge is 0.242 e. The lowest BCUT2D eigenvalue weighted by Crippen LogP contribution is -2.34. The molecule has 1 aromatic heterocycles. The molecule has 1 atom stereocenters. The topological polar surface area (TPSA) is 29.1 Å². The first-order valence-corrected chi connectivity index (χ1v) is 6.62. The van der Waals surface area contributed by atoms with Crippen LogP contribution in [0.15, 0.2) is 16.8 Å². The molecule has 1 N–H and O–H groups in total. The van der Waals surface area contributed by atoms with E-state index in [1.165, 1.54) is 12.8 Å². The molecule has 1 aliphatic carbocycles. The van der Waals surface area contributed by atoms with Gasteiger partial charge >= 0.3 is 0 Å². The van der Waals surface area contributed by atoms with Crippen LogP contribution in [0.3, 0.4) is 0 Å². The third kappa shape index (κ3) is 2.73. The summed E-state index contributed by atoms with van der Waals surface area (Å²) in [6.45, 7) is 0. The Morgan fingerprint density at radius 1 is 1.53 bits per heavy atom. The van der Waals surface area contributed by atoms with Gasteiger partial charge in [-0.15, -0.1) is 11.6 Å². The minimum absolute atomic E-state index is 0.0537. The fourth-order valence-corrected chi connectivity index (χ4v) is 2.87. The second kappa shape index (κ2) is 4.99. The molecule has 0 saturated heterocycles. The summed E-state index contributed by atoms with van der Waals surface area (Å²) < 4.78 is 0. The highest BCUT2D eigenvalue weighted by atomic mass is 35.5. The average molecular weight is 244 g/mol. The number of halogens is 1. The molecule has 1 saturated carbocycles. The van der Waals surface area contributed by atoms with Gasteiger partial charge in [0.2, 0.25) is 5.91 Å². The number of amides is 1. The van der Waals surface area contributed by atoms with E-state index in [1.807, 2.05) is 16.8 Å². The minimum Gasteiger partial charge on any atom is -0.352 e. The molecule has 0 radical (unpaired) electrons. The van der Waals surface area contributed by atoms with Gasteiger partial charge < -0.3 is 5.32 Å². The number of carbonyl (C=O) groups is 1. The van der Waals surface area contributed by atoms with E-state index in [-0.39, 0.29) is 5.91 Å². The minimum atomic E-state index is -0.531. The zero-order chi connectivity index (χ0) is 10.7. The monoisotopic (exact) mass is 243 g/mol. The summed E-state index contributed by atoms with van der Waals surface area (Å²) in [5, 5.41) is 6.33. The molecule has 2 nitrogen and oxygen atoms in total. The van der Waals surface area contributed by atoms with Crippen molar-refractivity contribution in [2.75, 3.05) is 0 Å². The van der Waals surface area contributed by atoms with Crippen LogP contribution in [0.25, 0.3) is 0 Å². The molecule has 82 valence electrons. The van der Waals surface area contributed by atoms with E-state index in [4.69, 9.17) is 11.6 Å². The van der Waals surface area contributed by atoms with Gasteiger partial charge in [0.1, 0.15) is 5.38 Å². The van der Waals surface area contributed by atoms with Crippen molar-refractivity contribution in [1.29, 1.82) is 0 Å². The first-order chi connectivity index (χ1) is 7.27. The lowest BCUT2D eigenvalue weighted by molar-refractivity contribution is -0.121. The molecule has 1 unspecified atom stereocenters. The first kappa shape index (κ1) is 11.0. The van der Waals surface area contributed by atoms with E-state index in [0.717, 1.165) is 18.4 Å². The molecule has 1 aliphatic rings. The molecule has 15 heavy (non-hydrogen) atoms. The van der Waals surface area contributed by atoms with Gasteiger partial charge in [0.25, 0.3) is 0 Å². The standard InChI is InChI=1S/C11H14ClNOS/c12-10(8-5-6-15-7-8)11(14)13-9-3-1-2-4-9/h5-7,9-10H,1-4H2,(H,13,14). The second-order valence-electron chi connectivity index (χ2n) is 3.91. The SMILES string of the molecule is O=C(NC1CCCC1)C(Cl)c1ccsc1. The molecule has 1 amide bonds. The summed E-state index contributed by atoms with van der Waals surface area (Å²) in [7, 11) is 0. The summed E-state index contributed by atoms with van der Waals surface area (Å²) in [4.78, 5) is 11.8. The van der Waals surface area contributed by atoms with Crippen molar-refractivity contribution in [3.8, 4) is 0 Å². The lowest BCUT2D eigenvalue weighted by Gasteiger charge is -2.14. The Morgan fingerprint density at radius 3 is 2.87 bits per heavy atom. The Balaban J connectivity index is 1.90. The van der Waals surface area contributed by atoms with Crippen molar-refractivity contribution >= 4 is 28.8 Å². The maximum absolute atomic E-state index is 11.8. The van der Waals surface area contributed by atoms with E-state index in [1.54, 1.807) is 11.3 Å². The molecule has 0 bridgehead atoms. The van der Waals surface area contributed by atoms with Gasteiger partial charge in [-0.25, -0.2) is 0 Å². The third-order valence-electron chi connectivity index (χ3n) is 2.77. The Bertz CT molecular complexity index is 319. The fourth-order valence-electron chi connectivity index (χ4n) is 1.92. The van der Waals surface area contributed by atoms with Gasteiger partial charge in [-0.2, -0.15) is 11.3 Å². The molecular weight excluding hydrogens is 230 g/mol. The van der Waals surface area contributed by atoms with Gasteiger partial charge in [0.05, 0.1) is 0 Å². The summed E-state index contributed by atoms with van der Waals surface area (Å²) in [5.74, 6) is -0.0537.